The number of ether oxygens (including phenoxy) is 2. The fraction of sp³-hybridized carbons (Fsp3) is 0.444. The monoisotopic (exact) mass is 395 g/mol. The van der Waals surface area contributed by atoms with Crippen molar-refractivity contribution in [3.05, 3.63) is 40.5 Å². The molecule has 2 aromatic rings. The molecule has 0 fully saturated rings. The summed E-state index contributed by atoms with van der Waals surface area (Å²) in [7, 11) is 0.653. The van der Waals surface area contributed by atoms with Crippen LogP contribution in [0.1, 0.15) is 5.56 Å². The van der Waals surface area contributed by atoms with Crippen molar-refractivity contribution in [3.8, 4) is 0 Å². The predicted octanol–water partition coefficient (Wildman–Crippen LogP) is 5.38. The van der Waals surface area contributed by atoms with E-state index in [1.807, 2.05) is 6.08 Å². The molecule has 0 aliphatic carbocycles. The molecule has 0 spiro atoms. The summed E-state index contributed by atoms with van der Waals surface area (Å²) in [5, 5.41) is 1.22. The number of benzene rings is 1. The van der Waals surface area contributed by atoms with Crippen molar-refractivity contribution in [2.75, 3.05) is 20.3 Å². The number of nitrogens with zero attached hydrogens (tertiary/aromatic N) is 1. The van der Waals surface area contributed by atoms with Crippen molar-refractivity contribution >= 4 is 41.0 Å². The van der Waals surface area contributed by atoms with Crippen molar-refractivity contribution in [3.63, 3.8) is 0 Å². The van der Waals surface area contributed by atoms with Gasteiger partial charge in [-0.25, -0.2) is 0 Å². The van der Waals surface area contributed by atoms with Crippen molar-refractivity contribution in [1.29, 1.82) is 0 Å². The number of para-hydroxylation sites is 1. The van der Waals surface area contributed by atoms with Gasteiger partial charge < -0.3 is 14.0 Å². The first-order chi connectivity index (χ1) is 10.9. The van der Waals surface area contributed by atoms with Crippen molar-refractivity contribution in [1.82, 2.24) is 4.57 Å². The van der Waals surface area contributed by atoms with E-state index in [9.17, 15) is 0 Å². The van der Waals surface area contributed by atoms with Gasteiger partial charge in [-0.3, -0.25) is 0 Å². The molecule has 1 aromatic heterocycles. The number of halogens is 1. The standard InChI is InChI=1S/C18H26BrNO2Si/c1-21-11-7-9-16-15-8-5-6-10-17(15)20(18(16)19)14-22-12-13-23(2,3)4/h5-10H,11-14H2,1-4H3/b9-7+. The number of methoxy groups -OCH3 is 1. The molecule has 0 saturated carbocycles. The zero-order chi connectivity index (χ0) is 16.9. The Morgan fingerprint density at radius 1 is 1.22 bits per heavy atom. The van der Waals surface area contributed by atoms with Gasteiger partial charge in [0.05, 0.1) is 16.7 Å². The van der Waals surface area contributed by atoms with E-state index in [0.717, 1.165) is 11.2 Å². The molecule has 0 aliphatic heterocycles. The summed E-state index contributed by atoms with van der Waals surface area (Å²) in [6, 6.07) is 9.60. The third kappa shape index (κ3) is 5.04. The van der Waals surface area contributed by atoms with Crippen molar-refractivity contribution in [2.24, 2.45) is 0 Å². The Morgan fingerprint density at radius 3 is 2.65 bits per heavy atom. The molecule has 0 unspecified atom stereocenters. The molecule has 23 heavy (non-hydrogen) atoms. The number of aromatic nitrogens is 1. The van der Waals surface area contributed by atoms with Gasteiger partial charge in [-0.1, -0.05) is 50.0 Å². The maximum absolute atomic E-state index is 5.94. The maximum Gasteiger partial charge on any atom is 0.123 e. The van der Waals surface area contributed by atoms with Crippen LogP contribution in [0.15, 0.2) is 34.9 Å². The topological polar surface area (TPSA) is 23.4 Å². The smallest absolute Gasteiger partial charge is 0.123 e. The first-order valence-corrected chi connectivity index (χ1v) is 12.4. The Labute approximate surface area is 148 Å². The molecule has 0 bridgehead atoms. The third-order valence-electron chi connectivity index (χ3n) is 3.71. The molecule has 5 heteroatoms. The van der Waals surface area contributed by atoms with Gasteiger partial charge in [-0.2, -0.15) is 0 Å². The second-order valence-corrected chi connectivity index (χ2v) is 13.2. The summed E-state index contributed by atoms with van der Waals surface area (Å²) in [4.78, 5) is 0. The van der Waals surface area contributed by atoms with E-state index in [4.69, 9.17) is 9.47 Å². The fourth-order valence-electron chi connectivity index (χ4n) is 2.38. The van der Waals surface area contributed by atoms with Crippen LogP contribution in [0.5, 0.6) is 0 Å². The molecule has 0 saturated heterocycles. The number of hydrogen-bond acceptors (Lipinski definition) is 2. The van der Waals surface area contributed by atoms with Gasteiger partial charge in [-0.05, 0) is 28.0 Å². The van der Waals surface area contributed by atoms with Gasteiger partial charge in [0.2, 0.25) is 0 Å². The highest BCUT2D eigenvalue weighted by molar-refractivity contribution is 9.10. The highest BCUT2D eigenvalue weighted by Gasteiger charge is 2.15. The normalized spacial score (nSPS) is 12.6. The summed E-state index contributed by atoms with van der Waals surface area (Å²) in [5.41, 5.74) is 2.36. The Morgan fingerprint density at radius 2 is 1.96 bits per heavy atom. The highest BCUT2D eigenvalue weighted by Crippen LogP contribution is 2.31. The van der Waals surface area contributed by atoms with Gasteiger partial charge in [-0.15, -0.1) is 0 Å². The van der Waals surface area contributed by atoms with E-state index in [2.05, 4.69) is 70.5 Å². The first-order valence-electron chi connectivity index (χ1n) is 7.94. The van der Waals surface area contributed by atoms with E-state index in [1.54, 1.807) is 7.11 Å². The molecule has 0 amide bonds. The van der Waals surface area contributed by atoms with E-state index >= 15 is 0 Å². The van der Waals surface area contributed by atoms with Crippen LogP contribution < -0.4 is 0 Å². The van der Waals surface area contributed by atoms with Crippen molar-refractivity contribution < 1.29 is 9.47 Å². The Hall–Kier alpha value is -0.883. The molecule has 3 nitrogen and oxygen atoms in total. The number of fused-ring (bicyclic) bond motifs is 1. The Bertz CT molecular complexity index is 673. The molecule has 0 atom stereocenters. The molecule has 1 aromatic carbocycles. The summed E-state index contributed by atoms with van der Waals surface area (Å²) in [6.07, 6.45) is 4.14. The van der Waals surface area contributed by atoms with Gasteiger partial charge in [0, 0.05) is 32.7 Å². The number of rotatable bonds is 8. The van der Waals surface area contributed by atoms with Crippen LogP contribution in [0, 0.1) is 0 Å². The summed E-state index contributed by atoms with van der Waals surface area (Å²) in [5.74, 6) is 0. The minimum atomic E-state index is -1.05. The van der Waals surface area contributed by atoms with Crippen LogP contribution in [-0.4, -0.2) is 33.0 Å². The van der Waals surface area contributed by atoms with Gasteiger partial charge in [0.1, 0.15) is 6.73 Å². The molecular formula is C18H26BrNO2Si. The molecule has 2 rings (SSSR count). The van der Waals surface area contributed by atoms with Crippen molar-refractivity contribution in [2.45, 2.75) is 32.4 Å². The quantitative estimate of drug-likeness (QED) is 0.442. The third-order valence-corrected chi connectivity index (χ3v) is 6.27. The molecule has 1 heterocycles. The van der Waals surface area contributed by atoms with Crippen LogP contribution in [-0.2, 0) is 16.2 Å². The minimum Gasteiger partial charge on any atom is -0.381 e. The van der Waals surface area contributed by atoms with E-state index in [0.29, 0.717) is 13.3 Å². The zero-order valence-electron chi connectivity index (χ0n) is 14.4. The van der Waals surface area contributed by atoms with Crippen LogP contribution in [0.4, 0.5) is 0 Å². The van der Waals surface area contributed by atoms with Gasteiger partial charge >= 0.3 is 0 Å². The lowest BCUT2D eigenvalue weighted by atomic mass is 10.1. The maximum atomic E-state index is 5.94. The molecule has 0 radical (unpaired) electrons. The molecule has 126 valence electrons. The molecular weight excluding hydrogens is 370 g/mol. The first kappa shape index (κ1) is 18.5. The lowest BCUT2D eigenvalue weighted by Gasteiger charge is -2.16. The van der Waals surface area contributed by atoms with Crippen LogP contribution >= 0.6 is 15.9 Å². The predicted molar refractivity (Wildman–Crippen MR) is 105 cm³/mol. The Balaban J connectivity index is 2.20. The van der Waals surface area contributed by atoms with E-state index < -0.39 is 8.07 Å². The average molecular weight is 396 g/mol. The Kier molecular flexibility index (Phi) is 6.65. The van der Waals surface area contributed by atoms with Crippen LogP contribution in [0.25, 0.3) is 17.0 Å². The summed E-state index contributed by atoms with van der Waals surface area (Å²) < 4.78 is 14.3. The van der Waals surface area contributed by atoms with Gasteiger partial charge in [0.25, 0.3) is 0 Å². The largest absolute Gasteiger partial charge is 0.381 e. The number of hydrogen-bond donors (Lipinski definition) is 0. The average Bonchev–Trinajstić information content (AvgIpc) is 2.76. The summed E-state index contributed by atoms with van der Waals surface area (Å²) >= 11 is 3.74. The SMILES string of the molecule is COC/C=C/c1c(Br)n(COCC[Si](C)(C)C)c2ccccc12. The van der Waals surface area contributed by atoms with Gasteiger partial charge in [0.15, 0.2) is 0 Å². The second kappa shape index (κ2) is 8.28. The minimum absolute atomic E-state index is 0.573. The zero-order valence-corrected chi connectivity index (χ0v) is 17.0. The van der Waals surface area contributed by atoms with Crippen LogP contribution in [0.3, 0.4) is 0 Å². The lowest BCUT2D eigenvalue weighted by molar-refractivity contribution is 0.0888. The van der Waals surface area contributed by atoms with E-state index in [-0.39, 0.29) is 0 Å². The van der Waals surface area contributed by atoms with E-state index in [1.165, 1.54) is 22.5 Å². The fourth-order valence-corrected chi connectivity index (χ4v) is 3.78. The van der Waals surface area contributed by atoms with Crippen LogP contribution in [0.2, 0.25) is 25.7 Å². The highest BCUT2D eigenvalue weighted by atomic mass is 79.9. The lowest BCUT2D eigenvalue weighted by Crippen LogP contribution is -2.22. The summed E-state index contributed by atoms with van der Waals surface area (Å²) in [6.45, 7) is 9.12. The second-order valence-electron chi connectivity index (χ2n) is 6.86. The molecule has 0 aliphatic rings. The molecule has 0 N–H and O–H groups in total.